The molecule has 0 aromatic carbocycles. The van der Waals surface area contributed by atoms with E-state index in [0.717, 1.165) is 5.82 Å². The number of anilines is 1. The highest BCUT2D eigenvalue weighted by atomic mass is 16.5. The van der Waals surface area contributed by atoms with Crippen molar-refractivity contribution in [2.75, 3.05) is 26.1 Å². The number of aromatic nitrogens is 3. The predicted molar refractivity (Wildman–Crippen MR) is 59.6 cm³/mol. The molecule has 84 valence electrons. The standard InChI is InChI=1S/C10H12N4O2/c1-14(2)7-5-4-6-8(12-7)13-9(11-6)10(15)16-3/h4-5H,1-3H3,(H,11,12,13). The lowest BCUT2D eigenvalue weighted by Gasteiger charge is -2.09. The number of ether oxygens (including phenoxy) is 1. The van der Waals surface area contributed by atoms with E-state index in [0.29, 0.717) is 11.2 Å². The van der Waals surface area contributed by atoms with Crippen molar-refractivity contribution >= 4 is 23.0 Å². The number of nitrogens with one attached hydrogen (secondary N) is 1. The predicted octanol–water partition coefficient (Wildman–Crippen LogP) is 0.810. The Kier molecular flexibility index (Phi) is 2.47. The number of imidazole rings is 1. The lowest BCUT2D eigenvalue weighted by Crippen LogP contribution is -2.10. The van der Waals surface area contributed by atoms with E-state index in [4.69, 9.17) is 0 Å². The van der Waals surface area contributed by atoms with E-state index >= 15 is 0 Å². The van der Waals surface area contributed by atoms with Crippen molar-refractivity contribution in [3.05, 3.63) is 18.0 Å². The Morgan fingerprint density at radius 3 is 2.75 bits per heavy atom. The number of aromatic amines is 1. The van der Waals surface area contributed by atoms with Crippen molar-refractivity contribution < 1.29 is 9.53 Å². The first kappa shape index (κ1) is 10.4. The number of hydrogen-bond donors (Lipinski definition) is 1. The van der Waals surface area contributed by atoms with Crippen LogP contribution < -0.4 is 4.90 Å². The highest BCUT2D eigenvalue weighted by Crippen LogP contribution is 2.14. The Morgan fingerprint density at radius 2 is 2.12 bits per heavy atom. The van der Waals surface area contributed by atoms with Crippen LogP contribution >= 0.6 is 0 Å². The van der Waals surface area contributed by atoms with Crippen LogP contribution in [0.5, 0.6) is 0 Å². The lowest BCUT2D eigenvalue weighted by molar-refractivity contribution is 0.0588. The minimum absolute atomic E-state index is 0.168. The molecule has 0 unspecified atom stereocenters. The topological polar surface area (TPSA) is 71.1 Å². The van der Waals surface area contributed by atoms with E-state index in [1.165, 1.54) is 7.11 Å². The van der Waals surface area contributed by atoms with Crippen LogP contribution in [0.2, 0.25) is 0 Å². The van der Waals surface area contributed by atoms with Crippen LogP contribution in [-0.2, 0) is 4.74 Å². The van der Waals surface area contributed by atoms with Gasteiger partial charge >= 0.3 is 5.97 Å². The van der Waals surface area contributed by atoms with E-state index in [-0.39, 0.29) is 5.82 Å². The van der Waals surface area contributed by atoms with Crippen LogP contribution in [0.1, 0.15) is 10.6 Å². The molecular formula is C10H12N4O2. The summed E-state index contributed by atoms with van der Waals surface area (Å²) in [5.41, 5.74) is 1.22. The summed E-state index contributed by atoms with van der Waals surface area (Å²) < 4.78 is 4.57. The van der Waals surface area contributed by atoms with E-state index in [9.17, 15) is 4.79 Å². The van der Waals surface area contributed by atoms with Gasteiger partial charge in [-0.05, 0) is 12.1 Å². The molecule has 0 aliphatic carbocycles. The average Bonchev–Trinajstić information content (AvgIpc) is 2.70. The smallest absolute Gasteiger partial charge is 0.374 e. The third-order valence-electron chi connectivity index (χ3n) is 2.17. The summed E-state index contributed by atoms with van der Waals surface area (Å²) in [6.07, 6.45) is 0. The van der Waals surface area contributed by atoms with Crippen molar-refractivity contribution in [3.63, 3.8) is 0 Å². The maximum atomic E-state index is 11.2. The molecule has 16 heavy (non-hydrogen) atoms. The molecule has 2 aromatic rings. The first-order valence-corrected chi connectivity index (χ1v) is 4.74. The van der Waals surface area contributed by atoms with Gasteiger partial charge in [0, 0.05) is 14.1 Å². The van der Waals surface area contributed by atoms with E-state index in [2.05, 4.69) is 19.7 Å². The maximum absolute atomic E-state index is 11.2. The molecule has 0 saturated heterocycles. The quantitative estimate of drug-likeness (QED) is 0.758. The molecule has 0 radical (unpaired) electrons. The second-order valence-corrected chi connectivity index (χ2v) is 3.51. The van der Waals surface area contributed by atoms with E-state index in [1.807, 2.05) is 31.1 Å². The van der Waals surface area contributed by atoms with Gasteiger partial charge in [-0.25, -0.2) is 14.8 Å². The van der Waals surface area contributed by atoms with Crippen LogP contribution in [0.4, 0.5) is 5.82 Å². The number of rotatable bonds is 2. The summed E-state index contributed by atoms with van der Waals surface area (Å²) in [6, 6.07) is 3.68. The Labute approximate surface area is 92.3 Å². The molecule has 6 heteroatoms. The Balaban J connectivity index is 2.50. The van der Waals surface area contributed by atoms with Gasteiger partial charge in [0.15, 0.2) is 5.65 Å². The number of fused-ring (bicyclic) bond motifs is 1. The molecule has 0 saturated carbocycles. The Morgan fingerprint density at radius 1 is 1.38 bits per heavy atom. The first-order valence-electron chi connectivity index (χ1n) is 4.74. The van der Waals surface area contributed by atoms with Crippen LogP contribution in [0.3, 0.4) is 0 Å². The molecule has 0 aliphatic heterocycles. The highest BCUT2D eigenvalue weighted by molar-refractivity contribution is 5.89. The largest absolute Gasteiger partial charge is 0.463 e. The fourth-order valence-electron chi connectivity index (χ4n) is 1.33. The van der Waals surface area contributed by atoms with E-state index in [1.54, 1.807) is 0 Å². The number of methoxy groups -OCH3 is 1. The average molecular weight is 220 g/mol. The van der Waals surface area contributed by atoms with Gasteiger partial charge in [-0.1, -0.05) is 0 Å². The molecule has 0 bridgehead atoms. The zero-order valence-corrected chi connectivity index (χ0v) is 9.31. The Bertz CT molecular complexity index is 533. The van der Waals surface area contributed by atoms with Gasteiger partial charge in [0.05, 0.1) is 12.6 Å². The number of hydrogen-bond acceptors (Lipinski definition) is 5. The van der Waals surface area contributed by atoms with Crippen LogP contribution in [0.25, 0.3) is 11.2 Å². The van der Waals surface area contributed by atoms with Crippen molar-refractivity contribution in [1.29, 1.82) is 0 Å². The number of H-pyrrole nitrogens is 1. The minimum Gasteiger partial charge on any atom is -0.463 e. The fraction of sp³-hybridized carbons (Fsp3) is 0.300. The van der Waals surface area contributed by atoms with E-state index < -0.39 is 5.97 Å². The molecule has 0 spiro atoms. The molecule has 2 aromatic heterocycles. The molecular weight excluding hydrogens is 208 g/mol. The Hall–Kier alpha value is -2.11. The SMILES string of the molecule is COC(=O)c1nc2nc(N(C)C)ccc2[nH]1. The van der Waals surface area contributed by atoms with Gasteiger partial charge in [-0.15, -0.1) is 0 Å². The fourth-order valence-corrected chi connectivity index (χ4v) is 1.33. The summed E-state index contributed by atoms with van der Waals surface area (Å²) in [7, 11) is 5.10. The molecule has 0 amide bonds. The third kappa shape index (κ3) is 1.69. The number of carbonyl (C=O) groups excluding carboxylic acids is 1. The van der Waals surface area contributed by atoms with Gasteiger partial charge < -0.3 is 14.6 Å². The molecule has 0 aliphatic rings. The third-order valence-corrected chi connectivity index (χ3v) is 2.17. The monoisotopic (exact) mass is 220 g/mol. The van der Waals surface area contributed by atoms with Gasteiger partial charge in [0.1, 0.15) is 5.82 Å². The molecule has 0 fully saturated rings. The summed E-state index contributed by atoms with van der Waals surface area (Å²) in [6.45, 7) is 0. The second kappa shape index (κ2) is 3.80. The van der Waals surface area contributed by atoms with Gasteiger partial charge in [-0.3, -0.25) is 0 Å². The number of esters is 1. The van der Waals surface area contributed by atoms with Crippen molar-refractivity contribution in [3.8, 4) is 0 Å². The summed E-state index contributed by atoms with van der Waals surface area (Å²) in [4.78, 5) is 24.3. The summed E-state index contributed by atoms with van der Waals surface area (Å²) in [5.74, 6) is 0.459. The number of nitrogens with zero attached hydrogens (tertiary/aromatic N) is 3. The number of carbonyl (C=O) groups is 1. The zero-order chi connectivity index (χ0) is 11.7. The minimum atomic E-state index is -0.496. The summed E-state index contributed by atoms with van der Waals surface area (Å²) >= 11 is 0. The second-order valence-electron chi connectivity index (χ2n) is 3.51. The van der Waals surface area contributed by atoms with Gasteiger partial charge in [0.2, 0.25) is 5.82 Å². The highest BCUT2D eigenvalue weighted by Gasteiger charge is 2.12. The van der Waals surface area contributed by atoms with Crippen LogP contribution in [-0.4, -0.2) is 42.1 Å². The van der Waals surface area contributed by atoms with Crippen LogP contribution in [0.15, 0.2) is 12.1 Å². The zero-order valence-electron chi connectivity index (χ0n) is 9.31. The normalized spacial score (nSPS) is 10.4. The molecule has 0 atom stereocenters. The molecule has 6 nitrogen and oxygen atoms in total. The molecule has 1 N–H and O–H groups in total. The molecule has 2 heterocycles. The molecule has 2 rings (SSSR count). The van der Waals surface area contributed by atoms with Crippen LogP contribution in [0, 0.1) is 0 Å². The van der Waals surface area contributed by atoms with Crippen molar-refractivity contribution in [1.82, 2.24) is 15.0 Å². The maximum Gasteiger partial charge on any atom is 0.374 e. The van der Waals surface area contributed by atoms with Gasteiger partial charge in [0.25, 0.3) is 0 Å². The first-order chi connectivity index (χ1) is 7.61. The van der Waals surface area contributed by atoms with Crippen molar-refractivity contribution in [2.45, 2.75) is 0 Å². The summed E-state index contributed by atoms with van der Waals surface area (Å²) in [5, 5.41) is 0. The van der Waals surface area contributed by atoms with Gasteiger partial charge in [-0.2, -0.15) is 0 Å². The van der Waals surface area contributed by atoms with Crippen molar-refractivity contribution in [2.24, 2.45) is 0 Å². The lowest BCUT2D eigenvalue weighted by atomic mass is 10.4. The number of pyridine rings is 1.